The van der Waals surface area contributed by atoms with Gasteiger partial charge < -0.3 is 10.4 Å². The van der Waals surface area contributed by atoms with E-state index in [-0.39, 0.29) is 11.9 Å². The van der Waals surface area contributed by atoms with Gasteiger partial charge >= 0.3 is 5.97 Å². The second-order valence-corrected chi connectivity index (χ2v) is 6.70. The van der Waals surface area contributed by atoms with Gasteiger partial charge in [0.2, 0.25) is 5.91 Å². The number of hydrogen-bond donors (Lipinski definition) is 2. The van der Waals surface area contributed by atoms with Crippen LogP contribution in [0, 0.1) is 17.8 Å². The fourth-order valence-corrected chi connectivity index (χ4v) is 3.25. The molecule has 1 saturated carbocycles. The molecule has 0 aromatic carbocycles. The summed E-state index contributed by atoms with van der Waals surface area (Å²) in [5, 5.41) is 12.3. The number of carboxylic acid groups (broad SMARTS) is 1. The molecule has 1 aliphatic carbocycles. The van der Waals surface area contributed by atoms with Gasteiger partial charge in [0, 0.05) is 12.5 Å². The van der Waals surface area contributed by atoms with Gasteiger partial charge in [0.05, 0.1) is 5.92 Å². The molecule has 0 saturated heterocycles. The molecule has 0 aliphatic heterocycles. The lowest BCUT2D eigenvalue weighted by molar-refractivity contribution is -0.143. The first-order valence-corrected chi connectivity index (χ1v) is 7.92. The van der Waals surface area contributed by atoms with Crippen LogP contribution in [0.25, 0.3) is 0 Å². The molecule has 20 heavy (non-hydrogen) atoms. The summed E-state index contributed by atoms with van der Waals surface area (Å²) >= 11 is 0. The zero-order chi connectivity index (χ0) is 15.1. The first-order chi connectivity index (χ1) is 9.40. The van der Waals surface area contributed by atoms with E-state index in [1.54, 1.807) is 0 Å². The number of carboxylic acids is 1. The summed E-state index contributed by atoms with van der Waals surface area (Å²) in [7, 11) is 0. The molecule has 0 aromatic heterocycles. The number of amides is 1. The second-order valence-electron chi connectivity index (χ2n) is 6.70. The molecule has 4 nitrogen and oxygen atoms in total. The molecule has 1 aliphatic rings. The molecule has 0 aromatic rings. The van der Waals surface area contributed by atoms with E-state index in [1.807, 2.05) is 0 Å². The molecule has 1 rings (SSSR count). The van der Waals surface area contributed by atoms with Crippen molar-refractivity contribution >= 4 is 11.9 Å². The Morgan fingerprint density at radius 2 is 1.80 bits per heavy atom. The van der Waals surface area contributed by atoms with Crippen molar-refractivity contribution in [1.82, 2.24) is 5.32 Å². The van der Waals surface area contributed by atoms with Crippen LogP contribution < -0.4 is 5.32 Å². The van der Waals surface area contributed by atoms with E-state index in [9.17, 15) is 14.7 Å². The van der Waals surface area contributed by atoms with E-state index in [4.69, 9.17) is 0 Å². The highest BCUT2D eigenvalue weighted by Crippen LogP contribution is 2.24. The van der Waals surface area contributed by atoms with E-state index >= 15 is 0 Å². The molecule has 2 N–H and O–H groups in total. The zero-order valence-electron chi connectivity index (χ0n) is 13.0. The monoisotopic (exact) mass is 283 g/mol. The fourth-order valence-electron chi connectivity index (χ4n) is 3.25. The van der Waals surface area contributed by atoms with Crippen LogP contribution in [0.3, 0.4) is 0 Å². The molecular formula is C16H29NO3. The number of hydrogen-bond acceptors (Lipinski definition) is 2. The van der Waals surface area contributed by atoms with Gasteiger partial charge in [0.1, 0.15) is 0 Å². The van der Waals surface area contributed by atoms with Crippen LogP contribution in [0.2, 0.25) is 0 Å². The van der Waals surface area contributed by atoms with E-state index in [0.717, 1.165) is 32.1 Å². The number of carbonyl (C=O) groups excluding carboxylic acids is 1. The van der Waals surface area contributed by atoms with Crippen LogP contribution in [-0.2, 0) is 9.59 Å². The third-order valence-corrected chi connectivity index (χ3v) is 4.09. The highest BCUT2D eigenvalue weighted by atomic mass is 16.4. The summed E-state index contributed by atoms with van der Waals surface area (Å²) < 4.78 is 0. The van der Waals surface area contributed by atoms with Crippen LogP contribution in [0.15, 0.2) is 0 Å². The van der Waals surface area contributed by atoms with Crippen molar-refractivity contribution in [3.8, 4) is 0 Å². The third-order valence-electron chi connectivity index (χ3n) is 4.09. The van der Waals surface area contributed by atoms with Crippen molar-refractivity contribution in [2.75, 3.05) is 0 Å². The minimum absolute atomic E-state index is 0.0105. The van der Waals surface area contributed by atoms with E-state index in [0.29, 0.717) is 24.7 Å². The maximum atomic E-state index is 12.1. The average molecular weight is 283 g/mol. The van der Waals surface area contributed by atoms with E-state index < -0.39 is 11.9 Å². The quantitative estimate of drug-likeness (QED) is 0.736. The molecule has 0 spiro atoms. The minimum atomic E-state index is -0.771. The highest BCUT2D eigenvalue weighted by Gasteiger charge is 2.30. The van der Waals surface area contributed by atoms with Crippen LogP contribution in [0.4, 0.5) is 0 Å². The van der Waals surface area contributed by atoms with Crippen molar-refractivity contribution in [3.63, 3.8) is 0 Å². The van der Waals surface area contributed by atoms with Crippen molar-refractivity contribution in [3.05, 3.63) is 0 Å². The number of nitrogens with one attached hydrogen (secondary N) is 1. The normalized spacial score (nSPS) is 25.0. The van der Waals surface area contributed by atoms with Gasteiger partial charge in [0.15, 0.2) is 0 Å². The largest absolute Gasteiger partial charge is 0.481 e. The Bertz CT molecular complexity index is 328. The van der Waals surface area contributed by atoms with Crippen LogP contribution in [0.5, 0.6) is 0 Å². The van der Waals surface area contributed by atoms with Crippen molar-refractivity contribution in [1.29, 1.82) is 0 Å². The first kappa shape index (κ1) is 17.0. The maximum absolute atomic E-state index is 12.1. The Balaban J connectivity index is 2.50. The van der Waals surface area contributed by atoms with E-state index in [2.05, 4.69) is 26.1 Å². The molecule has 0 bridgehead atoms. The summed E-state index contributed by atoms with van der Waals surface area (Å²) in [5.41, 5.74) is 0. The zero-order valence-corrected chi connectivity index (χ0v) is 13.0. The van der Waals surface area contributed by atoms with E-state index in [1.165, 1.54) is 0 Å². The van der Waals surface area contributed by atoms with Crippen molar-refractivity contribution < 1.29 is 14.7 Å². The molecule has 1 amide bonds. The molecule has 1 unspecified atom stereocenters. The Morgan fingerprint density at radius 3 is 2.40 bits per heavy atom. The predicted octanol–water partition coefficient (Wildman–Crippen LogP) is 3.21. The Hall–Kier alpha value is -1.06. The van der Waals surface area contributed by atoms with Gasteiger partial charge in [-0.2, -0.15) is 0 Å². The third kappa shape index (κ3) is 5.93. The molecule has 1 fully saturated rings. The molecular weight excluding hydrogens is 254 g/mol. The molecule has 3 atom stereocenters. The Labute approximate surface area is 122 Å². The van der Waals surface area contributed by atoms with Crippen LogP contribution in [-0.4, -0.2) is 23.0 Å². The molecule has 0 heterocycles. The second kappa shape index (κ2) is 8.28. The van der Waals surface area contributed by atoms with Crippen LogP contribution in [0.1, 0.15) is 65.7 Å². The van der Waals surface area contributed by atoms with Crippen molar-refractivity contribution in [2.45, 2.75) is 71.8 Å². The summed E-state index contributed by atoms with van der Waals surface area (Å²) in [6.07, 6.45) is 6.04. The molecule has 0 radical (unpaired) electrons. The summed E-state index contributed by atoms with van der Waals surface area (Å²) in [5.74, 6) is -0.239. The highest BCUT2D eigenvalue weighted by molar-refractivity contribution is 5.78. The summed E-state index contributed by atoms with van der Waals surface area (Å²) in [6.45, 7) is 6.39. The van der Waals surface area contributed by atoms with Gasteiger partial charge in [0.25, 0.3) is 0 Å². The topological polar surface area (TPSA) is 66.4 Å². The smallest absolute Gasteiger partial charge is 0.308 e. The average Bonchev–Trinajstić information content (AvgIpc) is 2.52. The molecule has 116 valence electrons. The fraction of sp³-hybridized carbons (Fsp3) is 0.875. The lowest BCUT2D eigenvalue weighted by Gasteiger charge is -2.24. The SMILES string of the molecule is CC(C)CC(C)CC(=O)N[C@H]1CCCCC[C@H]1C(=O)O. The minimum Gasteiger partial charge on any atom is -0.481 e. The standard InChI is InChI=1S/C16H29NO3/c1-11(2)9-12(3)10-15(18)17-14-8-6-4-5-7-13(14)16(19)20/h11-14H,4-10H2,1-3H3,(H,17,18)(H,19,20)/t12?,13-,14+/m1/s1. The van der Waals surface area contributed by atoms with Crippen molar-refractivity contribution in [2.24, 2.45) is 17.8 Å². The lowest BCUT2D eigenvalue weighted by Crippen LogP contribution is -2.43. The molecule has 4 heteroatoms. The first-order valence-electron chi connectivity index (χ1n) is 7.92. The maximum Gasteiger partial charge on any atom is 0.308 e. The Morgan fingerprint density at radius 1 is 1.15 bits per heavy atom. The van der Waals surface area contributed by atoms with Gasteiger partial charge in [-0.3, -0.25) is 9.59 Å². The van der Waals surface area contributed by atoms with Gasteiger partial charge in [-0.05, 0) is 31.1 Å². The Kier molecular flexibility index (Phi) is 7.03. The lowest BCUT2D eigenvalue weighted by atomic mass is 9.93. The van der Waals surface area contributed by atoms with Gasteiger partial charge in [-0.1, -0.05) is 40.0 Å². The number of rotatable bonds is 6. The van der Waals surface area contributed by atoms with Gasteiger partial charge in [-0.15, -0.1) is 0 Å². The number of carbonyl (C=O) groups is 2. The predicted molar refractivity (Wildman–Crippen MR) is 79.4 cm³/mol. The summed E-state index contributed by atoms with van der Waals surface area (Å²) in [6, 6.07) is -0.186. The van der Waals surface area contributed by atoms with Crippen LogP contribution >= 0.6 is 0 Å². The summed E-state index contributed by atoms with van der Waals surface area (Å²) in [4.78, 5) is 23.4. The number of aliphatic carboxylic acids is 1. The van der Waals surface area contributed by atoms with Gasteiger partial charge in [-0.25, -0.2) is 0 Å².